The van der Waals surface area contributed by atoms with Crippen molar-refractivity contribution in [1.82, 2.24) is 15.0 Å². The van der Waals surface area contributed by atoms with Crippen LogP contribution in [0.4, 0.5) is 5.69 Å². The molecule has 152 valence electrons. The van der Waals surface area contributed by atoms with Crippen molar-refractivity contribution in [2.24, 2.45) is 0 Å². The van der Waals surface area contributed by atoms with Crippen LogP contribution in [0.15, 0.2) is 22.7 Å². The number of benzene rings is 1. The summed E-state index contributed by atoms with van der Waals surface area (Å²) in [5.74, 6) is 0.547. The van der Waals surface area contributed by atoms with E-state index >= 15 is 0 Å². The molecule has 2 heterocycles. The van der Waals surface area contributed by atoms with Crippen LogP contribution in [0.3, 0.4) is 0 Å². The molecule has 1 N–H and O–H groups in total. The highest BCUT2D eigenvalue weighted by atomic mass is 35.5. The number of hydrogen-bond donors (Lipinski definition) is 1. The summed E-state index contributed by atoms with van der Waals surface area (Å²) in [6.45, 7) is 6.24. The molecular formula is C20H22ClN5O3. The predicted molar refractivity (Wildman–Crippen MR) is 107 cm³/mol. The van der Waals surface area contributed by atoms with Gasteiger partial charge in [0.25, 0.3) is 0 Å². The molecule has 2 amide bonds. The lowest BCUT2D eigenvalue weighted by molar-refractivity contribution is -0.132. The highest BCUT2D eigenvalue weighted by Crippen LogP contribution is 2.20. The molecule has 0 saturated carbocycles. The third kappa shape index (κ3) is 5.13. The first-order valence-corrected chi connectivity index (χ1v) is 9.66. The van der Waals surface area contributed by atoms with Gasteiger partial charge in [-0.15, -0.1) is 0 Å². The second-order valence-corrected chi connectivity index (χ2v) is 7.40. The summed E-state index contributed by atoms with van der Waals surface area (Å²) in [6, 6.07) is 6.76. The molecule has 1 aliphatic rings. The lowest BCUT2D eigenvalue weighted by atomic mass is 10.1. The minimum atomic E-state index is -0.165. The minimum Gasteiger partial charge on any atom is -0.361 e. The molecule has 0 spiro atoms. The number of amides is 2. The number of aromatic nitrogens is 1. The van der Waals surface area contributed by atoms with Crippen molar-refractivity contribution in [2.45, 2.75) is 20.3 Å². The second kappa shape index (κ2) is 9.07. The molecule has 0 aliphatic carbocycles. The van der Waals surface area contributed by atoms with Crippen LogP contribution in [0.1, 0.15) is 22.6 Å². The summed E-state index contributed by atoms with van der Waals surface area (Å²) in [5, 5.41) is 15.9. The Morgan fingerprint density at radius 2 is 2.00 bits per heavy atom. The van der Waals surface area contributed by atoms with E-state index in [2.05, 4.69) is 10.5 Å². The number of halogens is 1. The summed E-state index contributed by atoms with van der Waals surface area (Å²) in [6.07, 6.45) is 0.279. The van der Waals surface area contributed by atoms with Crippen molar-refractivity contribution in [3.05, 3.63) is 45.8 Å². The average Bonchev–Trinajstić information content (AvgIpc) is 3.00. The zero-order valence-electron chi connectivity index (χ0n) is 16.4. The normalized spacial score (nSPS) is 14.5. The van der Waals surface area contributed by atoms with Crippen LogP contribution in [-0.4, -0.2) is 59.5 Å². The molecule has 2 aromatic rings. The van der Waals surface area contributed by atoms with Gasteiger partial charge in [0, 0.05) is 37.4 Å². The fraction of sp³-hybridized carbons (Fsp3) is 0.400. The fourth-order valence-electron chi connectivity index (χ4n) is 3.26. The van der Waals surface area contributed by atoms with Gasteiger partial charge in [0.2, 0.25) is 11.8 Å². The van der Waals surface area contributed by atoms with Gasteiger partial charge in [-0.05, 0) is 32.0 Å². The van der Waals surface area contributed by atoms with E-state index in [9.17, 15) is 9.59 Å². The van der Waals surface area contributed by atoms with E-state index in [-0.39, 0.29) is 24.8 Å². The molecule has 1 saturated heterocycles. The number of aryl methyl sites for hydroxylation is 2. The number of nitrogens with zero attached hydrogens (tertiary/aromatic N) is 4. The Hall–Kier alpha value is -2.89. The number of carbonyl (C=O) groups is 2. The van der Waals surface area contributed by atoms with Crippen molar-refractivity contribution in [3.8, 4) is 6.07 Å². The standard InChI is InChI=1S/C20H22ClN5O3/c1-13-17(14(2)29-24-13)10-20(28)26-7-5-25(6-8-26)12-19(27)23-16-4-3-15(11-22)18(21)9-16/h3-4,9H,5-8,10,12H2,1-2H3,(H,23,27). The van der Waals surface area contributed by atoms with E-state index in [0.717, 1.165) is 11.3 Å². The molecule has 29 heavy (non-hydrogen) atoms. The molecule has 9 heteroatoms. The lowest BCUT2D eigenvalue weighted by Gasteiger charge is -2.34. The van der Waals surface area contributed by atoms with E-state index < -0.39 is 0 Å². The quantitative estimate of drug-likeness (QED) is 0.802. The monoisotopic (exact) mass is 415 g/mol. The highest BCUT2D eigenvalue weighted by Gasteiger charge is 2.24. The van der Waals surface area contributed by atoms with Gasteiger partial charge in [-0.3, -0.25) is 14.5 Å². The molecule has 8 nitrogen and oxygen atoms in total. The zero-order chi connectivity index (χ0) is 21.0. The molecule has 0 atom stereocenters. The zero-order valence-corrected chi connectivity index (χ0v) is 17.1. The first-order valence-electron chi connectivity index (χ1n) is 9.28. The Balaban J connectivity index is 1.47. The largest absolute Gasteiger partial charge is 0.361 e. The Bertz CT molecular complexity index is 938. The van der Waals surface area contributed by atoms with Crippen LogP contribution >= 0.6 is 11.6 Å². The van der Waals surface area contributed by atoms with Crippen molar-refractivity contribution in [1.29, 1.82) is 5.26 Å². The fourth-order valence-corrected chi connectivity index (χ4v) is 3.48. The molecule has 0 radical (unpaired) electrons. The van der Waals surface area contributed by atoms with Crippen molar-refractivity contribution >= 4 is 29.1 Å². The number of piperazine rings is 1. The van der Waals surface area contributed by atoms with Crippen molar-refractivity contribution < 1.29 is 14.1 Å². The van der Waals surface area contributed by atoms with Crippen LogP contribution in [0, 0.1) is 25.2 Å². The van der Waals surface area contributed by atoms with Gasteiger partial charge >= 0.3 is 0 Å². The summed E-state index contributed by atoms with van der Waals surface area (Å²) >= 11 is 5.99. The van der Waals surface area contributed by atoms with E-state index in [1.54, 1.807) is 30.0 Å². The molecule has 1 aliphatic heterocycles. The van der Waals surface area contributed by atoms with E-state index in [0.29, 0.717) is 48.2 Å². The maximum atomic E-state index is 12.5. The summed E-state index contributed by atoms with van der Waals surface area (Å²) in [4.78, 5) is 28.6. The van der Waals surface area contributed by atoms with Gasteiger partial charge in [0.15, 0.2) is 0 Å². The number of rotatable bonds is 5. The van der Waals surface area contributed by atoms with Gasteiger partial charge in [-0.25, -0.2) is 0 Å². The SMILES string of the molecule is Cc1noc(C)c1CC(=O)N1CCN(CC(=O)Nc2ccc(C#N)c(Cl)c2)CC1. The number of hydrogen-bond acceptors (Lipinski definition) is 6. The molecule has 1 aromatic heterocycles. The third-order valence-electron chi connectivity index (χ3n) is 4.97. The van der Waals surface area contributed by atoms with Gasteiger partial charge in [-0.2, -0.15) is 5.26 Å². The molecule has 0 bridgehead atoms. The summed E-state index contributed by atoms with van der Waals surface area (Å²) in [7, 11) is 0. The molecule has 1 fully saturated rings. The first-order chi connectivity index (χ1) is 13.9. The van der Waals surface area contributed by atoms with Crippen molar-refractivity contribution in [2.75, 3.05) is 38.0 Å². The Labute approximate surface area is 174 Å². The smallest absolute Gasteiger partial charge is 0.238 e. The number of anilines is 1. The van der Waals surface area contributed by atoms with Crippen LogP contribution in [-0.2, 0) is 16.0 Å². The number of nitrogens with one attached hydrogen (secondary N) is 1. The maximum absolute atomic E-state index is 12.5. The van der Waals surface area contributed by atoms with Crippen LogP contribution in [0.5, 0.6) is 0 Å². The van der Waals surface area contributed by atoms with Crippen LogP contribution < -0.4 is 5.32 Å². The van der Waals surface area contributed by atoms with Crippen LogP contribution in [0.2, 0.25) is 5.02 Å². The van der Waals surface area contributed by atoms with Crippen LogP contribution in [0.25, 0.3) is 0 Å². The van der Waals surface area contributed by atoms with E-state index in [1.165, 1.54) is 0 Å². The number of carbonyl (C=O) groups excluding carboxylic acids is 2. The Morgan fingerprint density at radius 1 is 1.28 bits per heavy atom. The van der Waals surface area contributed by atoms with E-state index in [1.807, 2.05) is 17.9 Å². The topological polar surface area (TPSA) is 102 Å². The minimum absolute atomic E-state index is 0.0377. The molecule has 3 rings (SSSR count). The molecular weight excluding hydrogens is 394 g/mol. The van der Waals surface area contributed by atoms with Gasteiger partial charge in [-0.1, -0.05) is 16.8 Å². The van der Waals surface area contributed by atoms with Gasteiger partial charge in [0.1, 0.15) is 11.8 Å². The summed E-state index contributed by atoms with van der Waals surface area (Å²) in [5.41, 5.74) is 2.50. The van der Waals surface area contributed by atoms with Gasteiger partial charge < -0.3 is 14.7 Å². The maximum Gasteiger partial charge on any atom is 0.238 e. The number of nitriles is 1. The second-order valence-electron chi connectivity index (χ2n) is 6.99. The Morgan fingerprint density at radius 3 is 2.59 bits per heavy atom. The molecule has 1 aromatic carbocycles. The average molecular weight is 416 g/mol. The van der Waals surface area contributed by atoms with E-state index in [4.69, 9.17) is 21.4 Å². The third-order valence-corrected chi connectivity index (χ3v) is 5.29. The first kappa shape index (κ1) is 20.8. The van der Waals surface area contributed by atoms with Crippen molar-refractivity contribution in [3.63, 3.8) is 0 Å². The highest BCUT2D eigenvalue weighted by molar-refractivity contribution is 6.32. The predicted octanol–water partition coefficient (Wildman–Crippen LogP) is 2.14. The van der Waals surface area contributed by atoms with Gasteiger partial charge in [0.05, 0.1) is 29.2 Å². The lowest BCUT2D eigenvalue weighted by Crippen LogP contribution is -2.50. The summed E-state index contributed by atoms with van der Waals surface area (Å²) < 4.78 is 5.12. The molecule has 0 unspecified atom stereocenters. The Kier molecular flexibility index (Phi) is 6.52.